The van der Waals surface area contributed by atoms with Crippen molar-refractivity contribution >= 4 is 29.0 Å². The molecule has 30 heavy (non-hydrogen) atoms. The van der Waals surface area contributed by atoms with Crippen molar-refractivity contribution < 1.29 is 19.2 Å². The van der Waals surface area contributed by atoms with E-state index in [4.69, 9.17) is 9.47 Å². The quantitative estimate of drug-likeness (QED) is 0.313. The monoisotopic (exact) mass is 429 g/mol. The Morgan fingerprint density at radius 1 is 1.17 bits per heavy atom. The number of benzene rings is 2. The summed E-state index contributed by atoms with van der Waals surface area (Å²) in [6.07, 6.45) is 0. The minimum absolute atomic E-state index is 0.00231. The van der Waals surface area contributed by atoms with Gasteiger partial charge in [-0.25, -0.2) is 0 Å². The van der Waals surface area contributed by atoms with Crippen molar-refractivity contribution in [1.29, 1.82) is 0 Å². The summed E-state index contributed by atoms with van der Waals surface area (Å²) < 4.78 is 12.4. The van der Waals surface area contributed by atoms with E-state index >= 15 is 0 Å². The predicted octanol–water partition coefficient (Wildman–Crippen LogP) is 3.04. The summed E-state index contributed by atoms with van der Waals surface area (Å²) in [6, 6.07) is 13.2. The number of carbonyl (C=O) groups is 1. The third-order valence-electron chi connectivity index (χ3n) is 4.06. The average molecular weight is 429 g/mol. The van der Waals surface area contributed by atoms with Crippen LogP contribution in [0.2, 0.25) is 0 Å². The largest absolute Gasteiger partial charge is 0.495 e. The Morgan fingerprint density at radius 2 is 1.87 bits per heavy atom. The first-order valence-electron chi connectivity index (χ1n) is 8.79. The van der Waals surface area contributed by atoms with Crippen molar-refractivity contribution in [3.8, 4) is 11.5 Å². The first-order chi connectivity index (χ1) is 14.5. The average Bonchev–Trinajstić information content (AvgIpc) is 3.10. The van der Waals surface area contributed by atoms with Crippen LogP contribution in [-0.4, -0.2) is 38.5 Å². The molecule has 0 fully saturated rings. The zero-order valence-electron chi connectivity index (χ0n) is 16.3. The lowest BCUT2D eigenvalue weighted by atomic mass is 10.3. The molecule has 2 aromatic carbocycles. The fourth-order valence-electron chi connectivity index (χ4n) is 2.53. The second-order valence-electron chi connectivity index (χ2n) is 6.01. The zero-order chi connectivity index (χ0) is 21.5. The molecule has 0 saturated heterocycles. The number of hydrogen-bond acceptors (Lipinski definition) is 8. The number of nitrogens with one attached hydrogen (secondary N) is 1. The Bertz CT molecular complexity index is 1060. The van der Waals surface area contributed by atoms with Gasteiger partial charge in [-0.05, 0) is 18.2 Å². The molecule has 0 atom stereocenters. The minimum atomic E-state index is -0.506. The van der Waals surface area contributed by atoms with E-state index in [1.165, 1.54) is 31.0 Å². The van der Waals surface area contributed by atoms with Crippen molar-refractivity contribution in [1.82, 2.24) is 14.8 Å². The second-order valence-corrected chi connectivity index (χ2v) is 6.95. The number of carbonyl (C=O) groups excluding carboxylic acids is 1. The van der Waals surface area contributed by atoms with E-state index in [-0.39, 0.29) is 29.7 Å². The van der Waals surface area contributed by atoms with E-state index in [0.717, 1.165) is 0 Å². The van der Waals surface area contributed by atoms with Gasteiger partial charge in [0.25, 0.3) is 0 Å². The Labute approximate surface area is 176 Å². The van der Waals surface area contributed by atoms with E-state index in [9.17, 15) is 14.9 Å². The number of aromatic nitrogens is 3. The summed E-state index contributed by atoms with van der Waals surface area (Å²) in [5.41, 5.74) is 0.462. The van der Waals surface area contributed by atoms with Crippen molar-refractivity contribution in [3.05, 3.63) is 64.5 Å². The molecular weight excluding hydrogens is 410 g/mol. The lowest BCUT2D eigenvalue weighted by Gasteiger charge is -2.09. The summed E-state index contributed by atoms with van der Waals surface area (Å²) in [7, 11) is 3.27. The van der Waals surface area contributed by atoms with Crippen molar-refractivity contribution in [2.45, 2.75) is 11.8 Å². The van der Waals surface area contributed by atoms with E-state index in [2.05, 4.69) is 15.5 Å². The third-order valence-corrected chi connectivity index (χ3v) is 5.08. The number of para-hydroxylation sites is 4. The van der Waals surface area contributed by atoms with Gasteiger partial charge in [-0.3, -0.25) is 14.9 Å². The van der Waals surface area contributed by atoms with Crippen LogP contribution in [0.1, 0.15) is 5.82 Å². The molecule has 0 unspecified atom stereocenters. The molecule has 1 heterocycles. The smallest absolute Gasteiger partial charge is 0.310 e. The lowest BCUT2D eigenvalue weighted by molar-refractivity contribution is -0.386. The van der Waals surface area contributed by atoms with Gasteiger partial charge in [0.15, 0.2) is 16.7 Å². The van der Waals surface area contributed by atoms with Crippen LogP contribution in [0.25, 0.3) is 0 Å². The third kappa shape index (κ3) is 5.06. The van der Waals surface area contributed by atoms with Crippen LogP contribution in [0.15, 0.2) is 53.7 Å². The van der Waals surface area contributed by atoms with Gasteiger partial charge >= 0.3 is 5.69 Å². The highest BCUT2D eigenvalue weighted by molar-refractivity contribution is 7.99. The summed E-state index contributed by atoms with van der Waals surface area (Å²) in [6.45, 7) is 0.00231. The maximum absolute atomic E-state index is 12.3. The number of methoxy groups -OCH3 is 1. The SMILES string of the molecule is COc1ccccc1NC(=O)CSc1nnc(COc2ccccc2[N+](=O)[O-])n1C. The molecule has 0 aliphatic heterocycles. The predicted molar refractivity (Wildman–Crippen MR) is 111 cm³/mol. The lowest BCUT2D eigenvalue weighted by Crippen LogP contribution is -2.15. The first-order valence-corrected chi connectivity index (χ1v) is 9.78. The van der Waals surface area contributed by atoms with Crippen LogP contribution in [0, 0.1) is 10.1 Å². The Balaban J connectivity index is 1.58. The number of nitro benzene ring substituents is 1. The second kappa shape index (κ2) is 9.74. The highest BCUT2D eigenvalue weighted by Gasteiger charge is 2.17. The topological polar surface area (TPSA) is 121 Å². The maximum atomic E-state index is 12.3. The van der Waals surface area contributed by atoms with E-state index in [0.29, 0.717) is 22.4 Å². The van der Waals surface area contributed by atoms with E-state index < -0.39 is 4.92 Å². The number of anilines is 1. The molecule has 0 saturated carbocycles. The number of amides is 1. The van der Waals surface area contributed by atoms with Crippen LogP contribution >= 0.6 is 11.8 Å². The van der Waals surface area contributed by atoms with Gasteiger partial charge in [0.1, 0.15) is 12.4 Å². The van der Waals surface area contributed by atoms with E-state index in [1.54, 1.807) is 41.9 Å². The van der Waals surface area contributed by atoms with Crippen LogP contribution in [0.5, 0.6) is 11.5 Å². The fourth-order valence-corrected chi connectivity index (χ4v) is 3.26. The van der Waals surface area contributed by atoms with Gasteiger partial charge in [-0.1, -0.05) is 36.0 Å². The fraction of sp³-hybridized carbons (Fsp3) is 0.211. The van der Waals surface area contributed by atoms with Crippen LogP contribution < -0.4 is 14.8 Å². The Hall–Kier alpha value is -3.60. The van der Waals surface area contributed by atoms with Crippen molar-refractivity contribution in [3.63, 3.8) is 0 Å². The van der Waals surface area contributed by atoms with Gasteiger partial charge in [-0.15, -0.1) is 10.2 Å². The van der Waals surface area contributed by atoms with Gasteiger partial charge in [0, 0.05) is 13.1 Å². The number of thioether (sulfide) groups is 1. The van der Waals surface area contributed by atoms with Crippen molar-refractivity contribution in [2.75, 3.05) is 18.2 Å². The number of nitro groups is 1. The molecule has 3 aromatic rings. The molecule has 156 valence electrons. The molecule has 0 aliphatic carbocycles. The molecule has 0 aliphatic rings. The summed E-state index contributed by atoms with van der Waals surface area (Å²) in [4.78, 5) is 22.8. The number of rotatable bonds is 9. The standard InChI is InChI=1S/C19H19N5O5S/c1-23-17(11-29-16-10-6-4-8-14(16)24(26)27)21-22-19(23)30-12-18(25)20-13-7-3-5-9-15(13)28-2/h3-10H,11-12H2,1-2H3,(H,20,25). The molecule has 1 N–H and O–H groups in total. The first kappa shape index (κ1) is 21.1. The molecule has 11 heteroatoms. The number of hydrogen-bond donors (Lipinski definition) is 1. The minimum Gasteiger partial charge on any atom is -0.495 e. The molecular formula is C19H19N5O5S. The zero-order valence-corrected chi connectivity index (χ0v) is 17.1. The molecule has 10 nitrogen and oxygen atoms in total. The highest BCUT2D eigenvalue weighted by Crippen LogP contribution is 2.27. The summed E-state index contributed by atoms with van der Waals surface area (Å²) in [5, 5.41) is 22.5. The van der Waals surface area contributed by atoms with Crippen molar-refractivity contribution in [2.24, 2.45) is 7.05 Å². The maximum Gasteiger partial charge on any atom is 0.310 e. The molecule has 1 amide bonds. The van der Waals surface area contributed by atoms with Gasteiger partial charge in [-0.2, -0.15) is 0 Å². The molecule has 0 radical (unpaired) electrons. The summed E-state index contributed by atoms with van der Waals surface area (Å²) in [5.74, 6) is 1.10. The van der Waals surface area contributed by atoms with Gasteiger partial charge in [0.2, 0.25) is 5.91 Å². The number of nitrogens with zero attached hydrogens (tertiary/aromatic N) is 4. The highest BCUT2D eigenvalue weighted by atomic mass is 32.2. The Morgan fingerprint density at radius 3 is 2.60 bits per heavy atom. The number of ether oxygens (including phenoxy) is 2. The molecule has 0 spiro atoms. The van der Waals surface area contributed by atoms with Gasteiger partial charge in [0.05, 0.1) is 23.5 Å². The van der Waals surface area contributed by atoms with Crippen LogP contribution in [-0.2, 0) is 18.4 Å². The van der Waals surface area contributed by atoms with Gasteiger partial charge < -0.3 is 19.4 Å². The van der Waals surface area contributed by atoms with Crippen LogP contribution in [0.4, 0.5) is 11.4 Å². The molecule has 1 aromatic heterocycles. The molecule has 3 rings (SSSR count). The summed E-state index contributed by atoms with van der Waals surface area (Å²) >= 11 is 1.21. The normalized spacial score (nSPS) is 10.5. The van der Waals surface area contributed by atoms with E-state index in [1.807, 2.05) is 6.07 Å². The van der Waals surface area contributed by atoms with Crippen LogP contribution in [0.3, 0.4) is 0 Å². The Kier molecular flexibility index (Phi) is 6.86. The molecule has 0 bridgehead atoms.